The molecule has 11 rings (SSSR count). The van der Waals surface area contributed by atoms with Crippen molar-refractivity contribution in [2.75, 3.05) is 0 Å². The van der Waals surface area contributed by atoms with Gasteiger partial charge < -0.3 is 29.1 Å². The summed E-state index contributed by atoms with van der Waals surface area (Å²) in [5.74, 6) is -4.94. The molecule has 432 valence electrons. The van der Waals surface area contributed by atoms with Gasteiger partial charge in [0.25, 0.3) is 17.5 Å². The Labute approximate surface area is 486 Å². The topological polar surface area (TPSA) is 294 Å². The van der Waals surface area contributed by atoms with Gasteiger partial charge in [-0.25, -0.2) is 36.0 Å². The van der Waals surface area contributed by atoms with Crippen molar-refractivity contribution in [2.24, 2.45) is 0 Å². The molecule has 23 heteroatoms. The fourth-order valence-corrected chi connectivity index (χ4v) is 14.8. The Morgan fingerprint density at radius 2 is 0.918 bits per heavy atom. The number of aromatic nitrogens is 2. The Morgan fingerprint density at radius 1 is 0.565 bits per heavy atom. The van der Waals surface area contributed by atoms with E-state index in [0.29, 0.717) is 22.3 Å². The molecular weight excluding hydrogens is 1130 g/mol. The number of hydrogen-bond acceptors (Lipinski definition) is 17. The number of ether oxygens (including phenoxy) is 3. The number of hydrogen-bond donors (Lipinski definition) is 1. The van der Waals surface area contributed by atoms with Crippen LogP contribution in [0.3, 0.4) is 0 Å². The van der Waals surface area contributed by atoms with Gasteiger partial charge in [0.2, 0.25) is 0 Å². The lowest BCUT2D eigenvalue weighted by atomic mass is 9.94. The number of benzene rings is 5. The molecule has 0 radical (unpaired) electrons. The molecule has 0 unspecified atom stereocenters. The fraction of sp³-hybridized carbons (Fsp3) is 0.194. The van der Waals surface area contributed by atoms with Crippen molar-refractivity contribution in [3.8, 4) is 5.75 Å². The van der Waals surface area contributed by atoms with Crippen LogP contribution in [0, 0.1) is 10.1 Å². The maximum atomic E-state index is 13.8. The quantitative estimate of drug-likeness (QED) is 0.0270. The maximum Gasteiger partial charge on any atom is 0.343 e. The van der Waals surface area contributed by atoms with Crippen molar-refractivity contribution < 1.29 is 69.8 Å². The minimum Gasteiger partial charge on any atom is -0.478 e. The second-order valence-electron chi connectivity index (χ2n) is 21.1. The predicted octanol–water partition coefficient (Wildman–Crippen LogP) is 7.91. The number of pyridine rings is 2. The normalized spacial score (nSPS) is 20.9. The number of nitro benzene ring substituents is 1. The van der Waals surface area contributed by atoms with Crippen LogP contribution in [-0.4, -0.2) is 115 Å². The van der Waals surface area contributed by atoms with E-state index in [1.54, 1.807) is 72.8 Å². The second kappa shape index (κ2) is 22.6. The maximum absolute atomic E-state index is 13.8. The Morgan fingerprint density at radius 3 is 1.27 bits per heavy atom. The second-order valence-corrected chi connectivity index (χ2v) is 26.3. The van der Waals surface area contributed by atoms with Crippen molar-refractivity contribution in [1.29, 1.82) is 0 Å². The highest BCUT2D eigenvalue weighted by molar-refractivity contribution is 7.94. The van der Waals surface area contributed by atoms with Crippen LogP contribution in [-0.2, 0) is 48.3 Å². The van der Waals surface area contributed by atoms with Gasteiger partial charge >= 0.3 is 23.9 Å². The molecule has 21 nitrogen and oxygen atoms in total. The summed E-state index contributed by atoms with van der Waals surface area (Å²) in [6.07, 6.45) is 3.43. The summed E-state index contributed by atoms with van der Waals surface area (Å²) in [5, 5.41) is 17.3. The molecule has 0 saturated carbocycles. The van der Waals surface area contributed by atoms with Crippen LogP contribution in [0.15, 0.2) is 193 Å². The highest BCUT2D eigenvalue weighted by atomic mass is 32.2. The van der Waals surface area contributed by atoms with E-state index in [4.69, 9.17) is 14.2 Å². The van der Waals surface area contributed by atoms with Gasteiger partial charge in [-0.2, -0.15) is 0 Å². The molecule has 4 fully saturated rings. The summed E-state index contributed by atoms with van der Waals surface area (Å²) >= 11 is 0. The van der Waals surface area contributed by atoms with E-state index in [-0.39, 0.29) is 45.1 Å². The summed E-state index contributed by atoms with van der Waals surface area (Å²) in [6.45, 7) is 5.59. The van der Waals surface area contributed by atoms with Crippen LogP contribution in [0.2, 0.25) is 0 Å². The van der Waals surface area contributed by atoms with E-state index in [1.165, 1.54) is 101 Å². The first-order chi connectivity index (χ1) is 40.4. The predicted molar refractivity (Wildman–Crippen MR) is 306 cm³/mol. The molecule has 4 aliphatic rings. The fourth-order valence-electron chi connectivity index (χ4n) is 10.6. The first-order valence-electron chi connectivity index (χ1n) is 26.2. The summed E-state index contributed by atoms with van der Waals surface area (Å²) < 4.78 is 68.7. The molecule has 85 heavy (non-hydrogen) atoms. The van der Waals surface area contributed by atoms with E-state index in [2.05, 4.69) is 9.97 Å². The molecule has 0 bridgehead atoms. The number of nitro groups is 1. The SMILES string of the molecule is CC1(C)[C@H](C(=O)OC(c2ccccc2)c2ccccc2)N2C(=O)/C(=C/c3cc(C(=O)O)ccn3)[C@H]2S1(=O)=O.CC1(C)[C@H](C(=O)OC(c2ccccc2)c2ccccc2)N2C(=O)/C(=C/c3cc(C(=O)Oc4ccc([N+](=O)[O-])cc4)ccn3)[C@H]2S1(=O)=O. The Hall–Kier alpha value is -10.0. The average molecular weight is 1190 g/mol. The number of β-lactam (4-membered cyclic amide) rings is 2. The van der Waals surface area contributed by atoms with Gasteiger partial charge in [-0.15, -0.1) is 0 Å². The Kier molecular flexibility index (Phi) is 15.5. The third kappa shape index (κ3) is 10.6. The molecule has 4 aliphatic heterocycles. The number of carbonyl (C=O) groups excluding carboxylic acids is 5. The minimum absolute atomic E-state index is 0.0396. The first-order valence-corrected chi connectivity index (χ1v) is 29.3. The number of esters is 3. The minimum atomic E-state index is -4.14. The molecule has 0 spiro atoms. The molecular formula is C62H51N5O16S2. The monoisotopic (exact) mass is 1190 g/mol. The number of aromatic carboxylic acids is 1. The number of carbonyl (C=O) groups is 6. The van der Waals surface area contributed by atoms with E-state index in [1.807, 2.05) is 48.5 Å². The molecule has 2 amide bonds. The number of carboxylic acids is 1. The highest BCUT2D eigenvalue weighted by Gasteiger charge is 2.72. The molecule has 0 aliphatic carbocycles. The lowest BCUT2D eigenvalue weighted by Gasteiger charge is -2.38. The highest BCUT2D eigenvalue weighted by Crippen LogP contribution is 2.51. The van der Waals surface area contributed by atoms with Crippen LogP contribution in [0.5, 0.6) is 5.75 Å². The Bertz CT molecular complexity index is 4050. The molecule has 4 atom stereocenters. The third-order valence-corrected chi connectivity index (χ3v) is 20.7. The summed E-state index contributed by atoms with van der Waals surface area (Å²) in [6, 6.07) is 43.5. The zero-order chi connectivity index (χ0) is 60.8. The average Bonchev–Trinajstić information content (AvgIpc) is 1.54. The number of rotatable bonds is 14. The van der Waals surface area contributed by atoms with Crippen LogP contribution in [0.25, 0.3) is 12.2 Å². The van der Waals surface area contributed by atoms with Gasteiger partial charge in [-0.1, -0.05) is 121 Å². The number of amides is 2. The number of sulfone groups is 2. The van der Waals surface area contributed by atoms with Crippen LogP contribution in [0.4, 0.5) is 5.69 Å². The van der Waals surface area contributed by atoms with Crippen molar-refractivity contribution in [2.45, 2.75) is 72.2 Å². The van der Waals surface area contributed by atoms with Gasteiger partial charge in [-0.05, 0) is 98.5 Å². The van der Waals surface area contributed by atoms with Crippen LogP contribution in [0.1, 0.15) is 94.3 Å². The van der Waals surface area contributed by atoms with Gasteiger partial charge in [0.1, 0.15) is 15.2 Å². The van der Waals surface area contributed by atoms with Gasteiger partial charge in [0.05, 0.1) is 38.6 Å². The first kappa shape index (κ1) is 58.2. The van der Waals surface area contributed by atoms with Crippen molar-refractivity contribution in [1.82, 2.24) is 19.8 Å². The van der Waals surface area contributed by atoms with Crippen molar-refractivity contribution in [3.63, 3.8) is 0 Å². The molecule has 5 aromatic carbocycles. The van der Waals surface area contributed by atoms with Gasteiger partial charge in [0.15, 0.2) is 54.7 Å². The summed E-state index contributed by atoms with van der Waals surface area (Å²) in [4.78, 5) is 98.9. The molecule has 2 aromatic heterocycles. The van der Waals surface area contributed by atoms with E-state index < -0.39 is 105 Å². The molecule has 7 aromatic rings. The van der Waals surface area contributed by atoms with Crippen LogP contribution >= 0.6 is 0 Å². The zero-order valence-electron chi connectivity index (χ0n) is 45.6. The van der Waals surface area contributed by atoms with Gasteiger partial charge in [0, 0.05) is 24.5 Å². The lowest BCUT2D eigenvalue weighted by Crippen LogP contribution is -2.59. The largest absolute Gasteiger partial charge is 0.478 e. The van der Waals surface area contributed by atoms with Gasteiger partial charge in [-0.3, -0.25) is 29.7 Å². The van der Waals surface area contributed by atoms with Crippen LogP contribution < -0.4 is 4.74 Å². The Balaban J connectivity index is 0.000000193. The molecule has 1 N–H and O–H groups in total. The number of fused-ring (bicyclic) bond motifs is 2. The van der Waals surface area contributed by atoms with Crippen molar-refractivity contribution in [3.05, 3.63) is 248 Å². The lowest BCUT2D eigenvalue weighted by molar-refractivity contribution is -0.384. The number of non-ortho nitro benzene ring substituents is 1. The standard InChI is InChI=1S/C34H27N3O9S.C28H24N2O7S/c1-34(2)29(33(40)46-28(21-9-5-3-6-10-21)22-11-7-4-8-12-22)36-30(38)27(31(36)47(34,43)44)20-24-19-23(17-18-35-24)32(39)45-26-15-13-25(14-16-26)37(41)42;1-28(2)23(27(34)37-22(17-9-5-3-6-10-17)18-11-7-4-8-12-18)30-24(31)21(25(30)38(28,35)36)16-20-15-19(26(32)33)13-14-29-20/h3-20,28-29,31H,1-2H3;3-16,22-23,25H,1-2H3,(H,32,33)/b27-20-;21-16-/t29-,31+;23-,25+/m00/s1. The zero-order valence-corrected chi connectivity index (χ0v) is 47.2. The molecule has 4 saturated heterocycles. The van der Waals surface area contributed by atoms with E-state index >= 15 is 0 Å². The smallest absolute Gasteiger partial charge is 0.343 e. The summed E-state index contributed by atoms with van der Waals surface area (Å²) in [5.41, 5.74) is 2.61. The summed E-state index contributed by atoms with van der Waals surface area (Å²) in [7, 11) is -8.20. The van der Waals surface area contributed by atoms with Crippen molar-refractivity contribution >= 4 is 73.2 Å². The third-order valence-electron chi connectivity index (χ3n) is 15.2. The van der Waals surface area contributed by atoms with E-state index in [9.17, 15) is 60.8 Å². The number of carboxylic acid groups (broad SMARTS) is 1. The molecule has 6 heterocycles. The van der Waals surface area contributed by atoms with E-state index in [0.717, 1.165) is 9.80 Å². The number of nitrogens with zero attached hydrogens (tertiary/aromatic N) is 5.